The van der Waals surface area contributed by atoms with Gasteiger partial charge in [0.15, 0.2) is 5.82 Å². The molecule has 5 heteroatoms. The number of hydrogen-bond acceptors (Lipinski definition) is 4. The molecule has 0 saturated heterocycles. The van der Waals surface area contributed by atoms with Crippen molar-refractivity contribution in [3.63, 3.8) is 0 Å². The summed E-state index contributed by atoms with van der Waals surface area (Å²) in [7, 11) is 5.64. The number of benzene rings is 1. The highest BCUT2D eigenvalue weighted by atomic mass is 16.5. The highest BCUT2D eigenvalue weighted by Gasteiger charge is 2.34. The van der Waals surface area contributed by atoms with E-state index in [1.807, 2.05) is 37.2 Å². The fraction of sp³-hybridized carbons (Fsp3) is 0.368. The Morgan fingerprint density at radius 2 is 1.92 bits per heavy atom. The third kappa shape index (κ3) is 2.70. The van der Waals surface area contributed by atoms with Gasteiger partial charge in [-0.05, 0) is 43.2 Å². The van der Waals surface area contributed by atoms with Crippen molar-refractivity contribution in [1.29, 1.82) is 0 Å². The minimum Gasteiger partial charge on any atom is -0.492 e. The van der Waals surface area contributed by atoms with Gasteiger partial charge in [0.05, 0.1) is 5.69 Å². The van der Waals surface area contributed by atoms with E-state index in [0.29, 0.717) is 6.61 Å². The SMILES string of the molecule is Cc1cc2c(cc1C)[C@H](C(=O)N(C)c1cccnc1N(C)C)CO2. The Morgan fingerprint density at radius 1 is 1.21 bits per heavy atom. The quantitative estimate of drug-likeness (QED) is 0.870. The van der Waals surface area contributed by atoms with Gasteiger partial charge in [0.2, 0.25) is 5.91 Å². The molecule has 0 aliphatic carbocycles. The molecule has 3 rings (SSSR count). The number of carbonyl (C=O) groups is 1. The molecule has 0 spiro atoms. The highest BCUT2D eigenvalue weighted by molar-refractivity contribution is 6.00. The van der Waals surface area contributed by atoms with E-state index in [0.717, 1.165) is 22.8 Å². The van der Waals surface area contributed by atoms with Crippen molar-refractivity contribution in [3.8, 4) is 5.75 Å². The fourth-order valence-corrected chi connectivity index (χ4v) is 3.02. The van der Waals surface area contributed by atoms with E-state index in [-0.39, 0.29) is 11.8 Å². The Morgan fingerprint density at radius 3 is 2.62 bits per heavy atom. The molecule has 1 aromatic carbocycles. The summed E-state index contributed by atoms with van der Waals surface area (Å²) < 4.78 is 5.76. The van der Waals surface area contributed by atoms with Crippen LogP contribution in [0.4, 0.5) is 11.5 Å². The number of anilines is 2. The molecule has 1 aliphatic heterocycles. The van der Waals surface area contributed by atoms with Crippen LogP contribution >= 0.6 is 0 Å². The molecule has 0 saturated carbocycles. The molecule has 24 heavy (non-hydrogen) atoms. The van der Waals surface area contributed by atoms with Gasteiger partial charge >= 0.3 is 0 Å². The Kier molecular flexibility index (Phi) is 4.18. The number of likely N-dealkylation sites (N-methyl/N-ethyl adjacent to an activating group) is 1. The number of carbonyl (C=O) groups excluding carboxylic acids is 1. The van der Waals surface area contributed by atoms with Gasteiger partial charge in [-0.1, -0.05) is 6.07 Å². The van der Waals surface area contributed by atoms with Crippen molar-refractivity contribution >= 4 is 17.4 Å². The lowest BCUT2D eigenvalue weighted by Crippen LogP contribution is -2.33. The third-order valence-electron chi connectivity index (χ3n) is 4.59. The number of rotatable bonds is 3. The molecule has 1 atom stereocenters. The van der Waals surface area contributed by atoms with Gasteiger partial charge in [0.25, 0.3) is 0 Å². The second kappa shape index (κ2) is 6.15. The average molecular weight is 325 g/mol. The van der Waals surface area contributed by atoms with Crippen LogP contribution in [-0.2, 0) is 4.79 Å². The summed E-state index contributed by atoms with van der Waals surface area (Å²) in [5.41, 5.74) is 4.13. The summed E-state index contributed by atoms with van der Waals surface area (Å²) in [5.74, 6) is 1.34. The van der Waals surface area contributed by atoms with Crippen molar-refractivity contribution in [2.45, 2.75) is 19.8 Å². The number of hydrogen-bond donors (Lipinski definition) is 0. The van der Waals surface area contributed by atoms with Crippen LogP contribution in [0.2, 0.25) is 0 Å². The minimum absolute atomic E-state index is 0.0214. The molecule has 2 aromatic rings. The van der Waals surface area contributed by atoms with E-state index < -0.39 is 0 Å². The molecule has 2 heterocycles. The van der Waals surface area contributed by atoms with Crippen LogP contribution in [-0.4, -0.2) is 38.6 Å². The van der Waals surface area contributed by atoms with E-state index in [1.165, 1.54) is 11.1 Å². The first-order chi connectivity index (χ1) is 11.4. The van der Waals surface area contributed by atoms with E-state index in [4.69, 9.17) is 4.74 Å². The van der Waals surface area contributed by atoms with Crippen molar-refractivity contribution in [1.82, 2.24) is 4.98 Å². The molecule has 0 fully saturated rings. The van der Waals surface area contributed by atoms with Crippen molar-refractivity contribution in [3.05, 3.63) is 47.2 Å². The highest BCUT2D eigenvalue weighted by Crippen LogP contribution is 2.38. The Hall–Kier alpha value is -2.56. The van der Waals surface area contributed by atoms with Crippen molar-refractivity contribution < 1.29 is 9.53 Å². The third-order valence-corrected chi connectivity index (χ3v) is 4.59. The Labute approximate surface area is 142 Å². The van der Waals surface area contributed by atoms with Gasteiger partial charge in [-0.25, -0.2) is 4.98 Å². The summed E-state index contributed by atoms with van der Waals surface area (Å²) in [6.07, 6.45) is 1.73. The van der Waals surface area contributed by atoms with Gasteiger partial charge in [-0.2, -0.15) is 0 Å². The molecule has 0 radical (unpaired) electrons. The monoisotopic (exact) mass is 325 g/mol. The van der Waals surface area contributed by atoms with E-state index in [1.54, 1.807) is 18.1 Å². The lowest BCUT2D eigenvalue weighted by molar-refractivity contribution is -0.119. The molecular weight excluding hydrogens is 302 g/mol. The number of amides is 1. The van der Waals surface area contributed by atoms with Gasteiger partial charge < -0.3 is 14.5 Å². The largest absolute Gasteiger partial charge is 0.492 e. The molecule has 1 aromatic heterocycles. The van der Waals surface area contributed by atoms with E-state index >= 15 is 0 Å². The zero-order valence-electron chi connectivity index (χ0n) is 14.8. The number of nitrogens with zero attached hydrogens (tertiary/aromatic N) is 3. The fourth-order valence-electron chi connectivity index (χ4n) is 3.02. The van der Waals surface area contributed by atoms with Crippen molar-refractivity contribution in [2.24, 2.45) is 0 Å². The summed E-state index contributed by atoms with van der Waals surface area (Å²) in [6.45, 7) is 4.50. The maximum Gasteiger partial charge on any atom is 0.237 e. The number of aryl methyl sites for hydroxylation is 2. The van der Waals surface area contributed by atoms with E-state index in [2.05, 4.69) is 24.9 Å². The zero-order chi connectivity index (χ0) is 17.4. The molecule has 0 N–H and O–H groups in total. The van der Waals surface area contributed by atoms with Crippen LogP contribution in [0.15, 0.2) is 30.5 Å². The summed E-state index contributed by atoms with van der Waals surface area (Å²) in [5, 5.41) is 0. The Bertz CT molecular complexity index is 786. The standard InChI is InChI=1S/C19H23N3O2/c1-12-9-14-15(11-24-17(14)10-13(12)2)19(23)22(5)16-7-6-8-20-18(16)21(3)4/h6-10,15H,11H2,1-5H3/t15-/m1/s1. The second-order valence-electron chi connectivity index (χ2n) is 6.48. The Balaban J connectivity index is 1.93. The molecule has 0 unspecified atom stereocenters. The van der Waals surface area contributed by atoms with Crippen molar-refractivity contribution in [2.75, 3.05) is 37.5 Å². The average Bonchev–Trinajstić information content (AvgIpc) is 2.96. The van der Waals surface area contributed by atoms with Gasteiger partial charge in [0, 0.05) is 32.9 Å². The molecule has 5 nitrogen and oxygen atoms in total. The number of ether oxygens (including phenoxy) is 1. The normalized spacial score (nSPS) is 15.6. The molecular formula is C19H23N3O2. The summed E-state index contributed by atoms with van der Waals surface area (Å²) in [6, 6.07) is 7.85. The minimum atomic E-state index is -0.278. The van der Waals surface area contributed by atoms with Gasteiger partial charge in [0.1, 0.15) is 18.3 Å². The molecule has 126 valence electrons. The van der Waals surface area contributed by atoms with Crippen LogP contribution in [0, 0.1) is 13.8 Å². The van der Waals surface area contributed by atoms with Crippen LogP contribution in [0.3, 0.4) is 0 Å². The molecule has 1 aliphatic rings. The van der Waals surface area contributed by atoms with Crippen LogP contribution in [0.5, 0.6) is 5.75 Å². The van der Waals surface area contributed by atoms with Gasteiger partial charge in [-0.15, -0.1) is 0 Å². The lowest BCUT2D eigenvalue weighted by Gasteiger charge is -2.25. The molecule has 1 amide bonds. The summed E-state index contributed by atoms with van der Waals surface area (Å²) >= 11 is 0. The number of fused-ring (bicyclic) bond motifs is 1. The lowest BCUT2D eigenvalue weighted by atomic mass is 9.96. The maximum absolute atomic E-state index is 13.1. The predicted octanol–water partition coefficient (Wildman–Crippen LogP) is 2.90. The van der Waals surface area contributed by atoms with E-state index in [9.17, 15) is 4.79 Å². The van der Waals surface area contributed by atoms with Crippen LogP contribution in [0.25, 0.3) is 0 Å². The molecule has 0 bridgehead atoms. The predicted molar refractivity (Wildman–Crippen MR) is 96.1 cm³/mol. The first-order valence-corrected chi connectivity index (χ1v) is 8.04. The first-order valence-electron chi connectivity index (χ1n) is 8.04. The number of pyridine rings is 1. The summed E-state index contributed by atoms with van der Waals surface area (Å²) in [4.78, 5) is 21.0. The van der Waals surface area contributed by atoms with Crippen LogP contribution < -0.4 is 14.5 Å². The van der Waals surface area contributed by atoms with Gasteiger partial charge in [-0.3, -0.25) is 4.79 Å². The van der Waals surface area contributed by atoms with Crippen LogP contribution in [0.1, 0.15) is 22.6 Å². The smallest absolute Gasteiger partial charge is 0.237 e. The second-order valence-corrected chi connectivity index (χ2v) is 6.48. The maximum atomic E-state index is 13.1. The zero-order valence-corrected chi connectivity index (χ0v) is 14.8. The number of aromatic nitrogens is 1. The topological polar surface area (TPSA) is 45.7 Å². The first kappa shape index (κ1) is 16.3.